The first-order chi connectivity index (χ1) is 8.56. The molecule has 1 aliphatic rings. The van der Waals surface area contributed by atoms with E-state index in [1.807, 2.05) is 20.8 Å². The normalized spacial score (nSPS) is 17.7. The van der Waals surface area contributed by atoms with Crippen LogP contribution in [-0.2, 0) is 14.3 Å². The highest BCUT2D eigenvalue weighted by molar-refractivity contribution is 5.87. The predicted molar refractivity (Wildman–Crippen MR) is 69.1 cm³/mol. The first-order valence-corrected chi connectivity index (χ1v) is 6.72. The van der Waals surface area contributed by atoms with Crippen LogP contribution in [0.5, 0.6) is 0 Å². The van der Waals surface area contributed by atoms with Crippen molar-refractivity contribution in [3.63, 3.8) is 0 Å². The Labute approximate surface area is 109 Å². The molecule has 0 saturated carbocycles. The topological polar surface area (TPSA) is 58.6 Å². The molecule has 1 heterocycles. The Bertz CT molecular complexity index is 286. The summed E-state index contributed by atoms with van der Waals surface area (Å²) in [5.74, 6) is 0.0664. The van der Waals surface area contributed by atoms with Crippen molar-refractivity contribution in [2.24, 2.45) is 5.92 Å². The van der Waals surface area contributed by atoms with Crippen LogP contribution in [0.2, 0.25) is 0 Å². The molecule has 1 N–H and O–H groups in total. The molecule has 0 bridgehead atoms. The van der Waals surface area contributed by atoms with Gasteiger partial charge in [0.25, 0.3) is 0 Å². The standard InChI is InChI=1S/C13H24N2O3/c1-4-5-11(16)14-12(10(2)3)13(17)15-6-8-18-9-7-15/h10,12H,4-9H2,1-3H3,(H,14,16)/t12-/m1/s1. The van der Waals surface area contributed by atoms with E-state index in [1.54, 1.807) is 4.90 Å². The second kappa shape index (κ2) is 7.36. The second-order valence-corrected chi connectivity index (χ2v) is 4.98. The van der Waals surface area contributed by atoms with E-state index in [1.165, 1.54) is 0 Å². The lowest BCUT2D eigenvalue weighted by molar-refractivity contribution is -0.141. The molecule has 18 heavy (non-hydrogen) atoms. The maximum Gasteiger partial charge on any atom is 0.245 e. The number of amides is 2. The number of morpholine rings is 1. The summed E-state index contributed by atoms with van der Waals surface area (Å²) in [5, 5.41) is 2.84. The van der Waals surface area contributed by atoms with E-state index in [-0.39, 0.29) is 17.7 Å². The summed E-state index contributed by atoms with van der Waals surface area (Å²) in [4.78, 5) is 25.8. The number of hydrogen-bond donors (Lipinski definition) is 1. The molecular weight excluding hydrogens is 232 g/mol. The summed E-state index contributed by atoms with van der Waals surface area (Å²) in [6, 6.07) is -0.415. The first-order valence-electron chi connectivity index (χ1n) is 6.72. The third-order valence-corrected chi connectivity index (χ3v) is 3.05. The Balaban J connectivity index is 2.59. The van der Waals surface area contributed by atoms with Crippen LogP contribution in [0.1, 0.15) is 33.6 Å². The van der Waals surface area contributed by atoms with E-state index in [0.717, 1.165) is 6.42 Å². The molecule has 1 aliphatic heterocycles. The molecule has 5 heteroatoms. The van der Waals surface area contributed by atoms with Gasteiger partial charge in [0.2, 0.25) is 11.8 Å². The number of nitrogens with zero attached hydrogens (tertiary/aromatic N) is 1. The zero-order chi connectivity index (χ0) is 13.5. The molecule has 1 saturated heterocycles. The average Bonchev–Trinajstić information content (AvgIpc) is 2.36. The van der Waals surface area contributed by atoms with Crippen molar-refractivity contribution in [3.05, 3.63) is 0 Å². The van der Waals surface area contributed by atoms with Gasteiger partial charge in [-0.3, -0.25) is 9.59 Å². The van der Waals surface area contributed by atoms with Gasteiger partial charge in [0, 0.05) is 19.5 Å². The monoisotopic (exact) mass is 256 g/mol. The van der Waals surface area contributed by atoms with Crippen molar-refractivity contribution >= 4 is 11.8 Å². The Morgan fingerprint density at radius 3 is 2.39 bits per heavy atom. The minimum atomic E-state index is -0.415. The first kappa shape index (κ1) is 15.0. The number of ether oxygens (including phenoxy) is 1. The SMILES string of the molecule is CCCC(=O)N[C@@H](C(=O)N1CCOCC1)C(C)C. The van der Waals surface area contributed by atoms with Crippen molar-refractivity contribution in [2.75, 3.05) is 26.3 Å². The van der Waals surface area contributed by atoms with Crippen LogP contribution in [0, 0.1) is 5.92 Å². The smallest absolute Gasteiger partial charge is 0.245 e. The van der Waals surface area contributed by atoms with Crippen LogP contribution in [-0.4, -0.2) is 49.1 Å². The number of rotatable bonds is 5. The largest absolute Gasteiger partial charge is 0.378 e. The molecule has 0 aromatic carbocycles. The predicted octanol–water partition coefficient (Wildman–Crippen LogP) is 0.786. The molecule has 104 valence electrons. The Morgan fingerprint density at radius 1 is 1.28 bits per heavy atom. The Kier molecular flexibility index (Phi) is 6.12. The number of carbonyl (C=O) groups is 2. The van der Waals surface area contributed by atoms with Crippen molar-refractivity contribution in [2.45, 2.75) is 39.7 Å². The lowest BCUT2D eigenvalue weighted by Crippen LogP contribution is -2.53. The fourth-order valence-electron chi connectivity index (χ4n) is 1.97. The molecular formula is C13H24N2O3. The molecule has 0 aliphatic carbocycles. The van der Waals surface area contributed by atoms with Crippen molar-refractivity contribution in [3.8, 4) is 0 Å². The molecule has 1 fully saturated rings. The second-order valence-electron chi connectivity index (χ2n) is 4.98. The molecule has 1 atom stereocenters. The van der Waals surface area contributed by atoms with Gasteiger partial charge in [0.1, 0.15) is 6.04 Å². The van der Waals surface area contributed by atoms with Crippen molar-refractivity contribution < 1.29 is 14.3 Å². The van der Waals surface area contributed by atoms with Gasteiger partial charge in [0.15, 0.2) is 0 Å². The third-order valence-electron chi connectivity index (χ3n) is 3.05. The van der Waals surface area contributed by atoms with E-state index < -0.39 is 6.04 Å². The highest BCUT2D eigenvalue weighted by Crippen LogP contribution is 2.09. The van der Waals surface area contributed by atoms with Gasteiger partial charge in [-0.25, -0.2) is 0 Å². The average molecular weight is 256 g/mol. The molecule has 0 radical (unpaired) electrons. The molecule has 0 aromatic heterocycles. The summed E-state index contributed by atoms with van der Waals surface area (Å²) in [7, 11) is 0. The highest BCUT2D eigenvalue weighted by atomic mass is 16.5. The number of nitrogens with one attached hydrogen (secondary N) is 1. The Morgan fingerprint density at radius 2 is 1.89 bits per heavy atom. The molecule has 0 unspecified atom stereocenters. The van der Waals surface area contributed by atoms with Gasteiger partial charge in [-0.2, -0.15) is 0 Å². The van der Waals surface area contributed by atoms with Gasteiger partial charge >= 0.3 is 0 Å². The molecule has 5 nitrogen and oxygen atoms in total. The van der Waals surface area contributed by atoms with Gasteiger partial charge in [-0.05, 0) is 12.3 Å². The van der Waals surface area contributed by atoms with Gasteiger partial charge in [-0.15, -0.1) is 0 Å². The zero-order valence-corrected chi connectivity index (χ0v) is 11.6. The van der Waals surface area contributed by atoms with Crippen LogP contribution in [0.15, 0.2) is 0 Å². The molecule has 1 rings (SSSR count). The minimum Gasteiger partial charge on any atom is -0.378 e. The lowest BCUT2D eigenvalue weighted by Gasteiger charge is -2.32. The number of hydrogen-bond acceptors (Lipinski definition) is 3. The van der Waals surface area contributed by atoms with Crippen molar-refractivity contribution in [1.82, 2.24) is 10.2 Å². The summed E-state index contributed by atoms with van der Waals surface area (Å²) in [6.45, 7) is 8.26. The van der Waals surface area contributed by atoms with Gasteiger partial charge in [-0.1, -0.05) is 20.8 Å². The maximum absolute atomic E-state index is 12.3. The summed E-state index contributed by atoms with van der Waals surface area (Å²) in [5.41, 5.74) is 0. The fraction of sp³-hybridized carbons (Fsp3) is 0.846. The summed E-state index contributed by atoms with van der Waals surface area (Å²) >= 11 is 0. The summed E-state index contributed by atoms with van der Waals surface area (Å²) in [6.07, 6.45) is 1.27. The third kappa shape index (κ3) is 4.29. The molecule has 0 spiro atoms. The highest BCUT2D eigenvalue weighted by Gasteiger charge is 2.29. The fourth-order valence-corrected chi connectivity index (χ4v) is 1.97. The summed E-state index contributed by atoms with van der Waals surface area (Å²) < 4.78 is 5.23. The molecule has 0 aromatic rings. The Hall–Kier alpha value is -1.10. The van der Waals surface area contributed by atoms with Crippen LogP contribution >= 0.6 is 0 Å². The van der Waals surface area contributed by atoms with Crippen LogP contribution < -0.4 is 5.32 Å². The quantitative estimate of drug-likeness (QED) is 0.791. The number of carbonyl (C=O) groups excluding carboxylic acids is 2. The van der Waals surface area contributed by atoms with Crippen LogP contribution in [0.3, 0.4) is 0 Å². The van der Waals surface area contributed by atoms with Crippen LogP contribution in [0.4, 0.5) is 0 Å². The minimum absolute atomic E-state index is 0.0118. The molecule has 2 amide bonds. The van der Waals surface area contributed by atoms with E-state index in [0.29, 0.717) is 32.7 Å². The van der Waals surface area contributed by atoms with Gasteiger partial charge in [0.05, 0.1) is 13.2 Å². The van der Waals surface area contributed by atoms with E-state index in [2.05, 4.69) is 5.32 Å². The van der Waals surface area contributed by atoms with Gasteiger partial charge < -0.3 is 15.0 Å². The maximum atomic E-state index is 12.3. The van der Waals surface area contributed by atoms with Crippen molar-refractivity contribution in [1.29, 1.82) is 0 Å². The van der Waals surface area contributed by atoms with E-state index in [4.69, 9.17) is 4.74 Å². The van der Waals surface area contributed by atoms with Crippen LogP contribution in [0.25, 0.3) is 0 Å². The lowest BCUT2D eigenvalue weighted by atomic mass is 10.0. The zero-order valence-electron chi connectivity index (χ0n) is 11.6. The van der Waals surface area contributed by atoms with E-state index >= 15 is 0 Å². The van der Waals surface area contributed by atoms with E-state index in [9.17, 15) is 9.59 Å².